The van der Waals surface area contributed by atoms with Gasteiger partial charge in [0.1, 0.15) is 24.1 Å². The number of fused-ring (bicyclic) bond motifs is 5. The van der Waals surface area contributed by atoms with Crippen molar-refractivity contribution in [2.75, 3.05) is 0 Å². The number of aliphatic hydroxyl groups excluding tert-OH is 3. The van der Waals surface area contributed by atoms with Gasteiger partial charge in [-0.25, -0.2) is 4.79 Å². The fraction of sp³-hybridized carbons (Fsp3) is 0.840. The van der Waals surface area contributed by atoms with Crippen molar-refractivity contribution >= 4 is 11.8 Å². The summed E-state index contributed by atoms with van der Waals surface area (Å²) in [6.07, 6.45) is 1.28. The number of hydrogen-bond donors (Lipinski definition) is 4. The van der Waals surface area contributed by atoms with Crippen LogP contribution in [0.25, 0.3) is 0 Å². The third kappa shape index (κ3) is 3.52. The van der Waals surface area contributed by atoms with Crippen LogP contribution in [0, 0.1) is 28.6 Å². The lowest BCUT2D eigenvalue weighted by atomic mass is 9.48. The van der Waals surface area contributed by atoms with E-state index in [1.165, 1.54) is 5.57 Å². The molecule has 184 valence electrons. The second-order valence-electron chi connectivity index (χ2n) is 11.4. The van der Waals surface area contributed by atoms with Gasteiger partial charge in [-0.15, -0.1) is 0 Å². The van der Waals surface area contributed by atoms with Crippen molar-refractivity contribution < 1.29 is 39.5 Å². The van der Waals surface area contributed by atoms with E-state index in [1.807, 2.05) is 0 Å². The van der Waals surface area contributed by atoms with Crippen LogP contribution in [0.5, 0.6) is 0 Å². The molecule has 4 N–H and O–H groups in total. The lowest BCUT2D eigenvalue weighted by molar-refractivity contribution is -0.306. The fourth-order valence-electron chi connectivity index (χ4n) is 7.87. The number of carbonyl (C=O) groups excluding carboxylic acids is 1. The molecule has 8 heteroatoms. The largest absolute Gasteiger partial charge is 0.479 e. The summed E-state index contributed by atoms with van der Waals surface area (Å²) in [5, 5.41) is 39.6. The highest BCUT2D eigenvalue weighted by Crippen LogP contribution is 2.64. The van der Waals surface area contributed by atoms with E-state index < -0.39 is 36.7 Å². The summed E-state index contributed by atoms with van der Waals surface area (Å²) in [6, 6.07) is 0. The molecule has 0 unspecified atom stereocenters. The van der Waals surface area contributed by atoms with Crippen molar-refractivity contribution in [3.8, 4) is 0 Å². The molecule has 0 aromatic rings. The first-order valence-electron chi connectivity index (χ1n) is 12.4. The van der Waals surface area contributed by atoms with Crippen LogP contribution in [0.4, 0.5) is 0 Å². The van der Waals surface area contributed by atoms with E-state index in [-0.39, 0.29) is 16.9 Å². The quantitative estimate of drug-likeness (QED) is 0.465. The van der Waals surface area contributed by atoms with Gasteiger partial charge in [0.25, 0.3) is 0 Å². The van der Waals surface area contributed by atoms with Crippen LogP contribution in [-0.2, 0) is 19.1 Å². The van der Waals surface area contributed by atoms with Crippen LogP contribution in [0.15, 0.2) is 11.6 Å². The zero-order valence-corrected chi connectivity index (χ0v) is 19.4. The topological polar surface area (TPSA) is 134 Å². The summed E-state index contributed by atoms with van der Waals surface area (Å²) >= 11 is 0. The Morgan fingerprint density at radius 3 is 2.45 bits per heavy atom. The first-order valence-corrected chi connectivity index (χ1v) is 12.4. The molecule has 5 aliphatic rings. The molecule has 1 aliphatic heterocycles. The number of ether oxygens (including phenoxy) is 2. The number of rotatable bonds is 3. The maximum absolute atomic E-state index is 12.6. The molecular formula is C25H36O8. The van der Waals surface area contributed by atoms with Crippen molar-refractivity contribution in [2.24, 2.45) is 28.6 Å². The summed E-state index contributed by atoms with van der Waals surface area (Å²) < 4.78 is 11.3. The monoisotopic (exact) mass is 464 g/mol. The van der Waals surface area contributed by atoms with Crippen LogP contribution in [0.3, 0.4) is 0 Å². The minimum absolute atomic E-state index is 0.0566. The Labute approximate surface area is 194 Å². The molecule has 0 bridgehead atoms. The predicted molar refractivity (Wildman–Crippen MR) is 116 cm³/mol. The Balaban J connectivity index is 1.30. The Kier molecular flexibility index (Phi) is 5.77. The molecule has 5 rings (SSSR count). The van der Waals surface area contributed by atoms with E-state index in [2.05, 4.69) is 19.9 Å². The van der Waals surface area contributed by atoms with Crippen molar-refractivity contribution in [3.63, 3.8) is 0 Å². The van der Waals surface area contributed by atoms with Gasteiger partial charge in [-0.1, -0.05) is 25.5 Å². The maximum Gasteiger partial charge on any atom is 0.335 e. The Bertz CT molecular complexity index is 855. The second kappa shape index (κ2) is 8.12. The standard InChI is InChI=1S/C25H36O8/c1-24-9-7-13(32-23-20(29)18(27)19(28)21(33-23)22(30)31)11-12(24)3-4-14-15-5-6-17(26)25(15,2)10-8-16(14)24/h3,13-16,18-21,23,27-29H,4-11H2,1-2H3,(H,30,31)/t13-,14+,15+,16+,18+,19+,20-,21+,23-,24-,25-/m0/s1. The molecule has 1 heterocycles. The number of carboxylic acids is 1. The molecular weight excluding hydrogens is 428 g/mol. The fourth-order valence-corrected chi connectivity index (χ4v) is 7.87. The highest BCUT2D eigenvalue weighted by atomic mass is 16.7. The summed E-state index contributed by atoms with van der Waals surface area (Å²) in [5.41, 5.74) is 1.25. The van der Waals surface area contributed by atoms with E-state index >= 15 is 0 Å². The predicted octanol–water partition coefficient (Wildman–Crippen LogP) is 1.80. The van der Waals surface area contributed by atoms with Gasteiger partial charge in [-0.05, 0) is 68.1 Å². The van der Waals surface area contributed by atoms with Gasteiger partial charge in [0.15, 0.2) is 12.4 Å². The van der Waals surface area contributed by atoms with E-state index in [0.717, 1.165) is 44.9 Å². The van der Waals surface area contributed by atoms with Gasteiger partial charge in [0, 0.05) is 11.8 Å². The number of hydrogen-bond acceptors (Lipinski definition) is 7. The van der Waals surface area contributed by atoms with Crippen molar-refractivity contribution in [3.05, 3.63) is 11.6 Å². The highest BCUT2D eigenvalue weighted by molar-refractivity contribution is 5.87. The molecule has 0 amide bonds. The van der Waals surface area contributed by atoms with Crippen molar-refractivity contribution in [1.82, 2.24) is 0 Å². The number of carboxylic acid groups (broad SMARTS) is 1. The van der Waals surface area contributed by atoms with Crippen LogP contribution < -0.4 is 0 Å². The molecule has 3 saturated carbocycles. The van der Waals surface area contributed by atoms with E-state index in [9.17, 15) is 30.0 Å². The molecule has 33 heavy (non-hydrogen) atoms. The molecule has 0 radical (unpaired) electrons. The summed E-state index contributed by atoms with van der Waals surface area (Å²) in [4.78, 5) is 24.0. The minimum Gasteiger partial charge on any atom is -0.479 e. The van der Waals surface area contributed by atoms with E-state index in [1.54, 1.807) is 0 Å². The van der Waals surface area contributed by atoms with Crippen molar-refractivity contribution in [2.45, 2.75) is 102 Å². The molecule has 0 aromatic carbocycles. The molecule has 1 saturated heterocycles. The second-order valence-corrected chi connectivity index (χ2v) is 11.4. The lowest BCUT2D eigenvalue weighted by Crippen LogP contribution is -2.61. The summed E-state index contributed by atoms with van der Waals surface area (Å²) in [6.45, 7) is 4.53. The SMILES string of the molecule is C[C@]12CC[C@H](O[C@H]3O[C@@H](C(=O)O)[C@H](O)[C@@H](O)[C@@H]3O)CC1=CC[C@H]1[C@H]2CC[C@]2(C)C(=O)CC[C@H]12. The van der Waals surface area contributed by atoms with Gasteiger partial charge in [-0.3, -0.25) is 4.79 Å². The summed E-state index contributed by atoms with van der Waals surface area (Å²) in [7, 11) is 0. The molecule has 11 atom stereocenters. The lowest BCUT2D eigenvalue weighted by Gasteiger charge is -2.57. The molecule has 4 fully saturated rings. The smallest absolute Gasteiger partial charge is 0.335 e. The van der Waals surface area contributed by atoms with Crippen molar-refractivity contribution in [1.29, 1.82) is 0 Å². The molecule has 0 aromatic heterocycles. The third-order valence-electron chi connectivity index (χ3n) is 9.91. The first-order chi connectivity index (χ1) is 15.6. The average Bonchev–Trinajstić information content (AvgIpc) is 3.08. The van der Waals surface area contributed by atoms with Crippen LogP contribution in [0.1, 0.15) is 65.2 Å². The third-order valence-corrected chi connectivity index (χ3v) is 9.91. The van der Waals surface area contributed by atoms with Gasteiger partial charge in [-0.2, -0.15) is 0 Å². The minimum atomic E-state index is -1.72. The normalized spacial score (nSPS) is 51.8. The van der Waals surface area contributed by atoms with Crippen LogP contribution in [0.2, 0.25) is 0 Å². The number of carbonyl (C=O) groups is 2. The Morgan fingerprint density at radius 1 is 1.03 bits per heavy atom. The number of Topliss-reactive ketones (excluding diaryl/α,β-unsaturated/α-hetero) is 1. The molecule has 4 aliphatic carbocycles. The Morgan fingerprint density at radius 2 is 1.73 bits per heavy atom. The van der Waals surface area contributed by atoms with Gasteiger partial charge in [0.2, 0.25) is 0 Å². The number of aliphatic hydroxyl groups is 3. The zero-order chi connectivity index (χ0) is 23.7. The average molecular weight is 465 g/mol. The summed E-state index contributed by atoms with van der Waals surface area (Å²) in [5.74, 6) is 0.596. The number of allylic oxidation sites excluding steroid dienone is 1. The van der Waals surface area contributed by atoms with Gasteiger partial charge >= 0.3 is 5.97 Å². The molecule has 8 nitrogen and oxygen atoms in total. The highest BCUT2D eigenvalue weighted by Gasteiger charge is 2.59. The molecule has 0 spiro atoms. The maximum atomic E-state index is 12.6. The van der Waals surface area contributed by atoms with Crippen LogP contribution in [-0.4, -0.2) is 69.0 Å². The number of ketones is 1. The van der Waals surface area contributed by atoms with E-state index in [4.69, 9.17) is 9.47 Å². The number of aliphatic carboxylic acids is 1. The van der Waals surface area contributed by atoms with E-state index in [0.29, 0.717) is 30.0 Å². The van der Waals surface area contributed by atoms with Gasteiger partial charge in [0.05, 0.1) is 6.10 Å². The van der Waals surface area contributed by atoms with Gasteiger partial charge < -0.3 is 29.9 Å². The Hall–Kier alpha value is -1.32. The first kappa shape index (κ1) is 23.4. The zero-order valence-electron chi connectivity index (χ0n) is 19.4. The van der Waals surface area contributed by atoms with Crippen LogP contribution >= 0.6 is 0 Å².